The van der Waals surface area contributed by atoms with Crippen molar-refractivity contribution in [1.29, 1.82) is 0 Å². The van der Waals surface area contributed by atoms with E-state index >= 15 is 0 Å². The molecule has 0 atom stereocenters. The standard InChI is InChI=1S/C10H12N4O2S/c1-14-10(12-7-13-14)6-17(15,16)9-5-3-2-4-8(9)11/h2-5,7H,6,11H2,1H3. The summed E-state index contributed by atoms with van der Waals surface area (Å²) < 4.78 is 25.7. The Kier molecular flexibility index (Phi) is 2.84. The molecule has 0 saturated heterocycles. The van der Waals surface area contributed by atoms with Gasteiger partial charge in [0.25, 0.3) is 0 Å². The lowest BCUT2D eigenvalue weighted by atomic mass is 10.3. The van der Waals surface area contributed by atoms with Crippen molar-refractivity contribution in [3.63, 3.8) is 0 Å². The number of nitrogen functional groups attached to an aromatic ring is 1. The van der Waals surface area contributed by atoms with Gasteiger partial charge in [-0.15, -0.1) is 0 Å². The number of rotatable bonds is 3. The highest BCUT2D eigenvalue weighted by Crippen LogP contribution is 2.21. The third-order valence-corrected chi connectivity index (χ3v) is 4.06. The summed E-state index contributed by atoms with van der Waals surface area (Å²) >= 11 is 0. The summed E-state index contributed by atoms with van der Waals surface area (Å²) in [7, 11) is -1.84. The molecule has 90 valence electrons. The molecule has 2 aromatic rings. The predicted octanol–water partition coefficient (Wildman–Crippen LogP) is 0.371. The van der Waals surface area contributed by atoms with Crippen LogP contribution in [0.25, 0.3) is 0 Å². The summed E-state index contributed by atoms with van der Waals surface area (Å²) in [5, 5.41) is 3.83. The number of hydrogen-bond acceptors (Lipinski definition) is 5. The Morgan fingerprint density at radius 2 is 2.06 bits per heavy atom. The van der Waals surface area contributed by atoms with Crippen LogP contribution in [0.2, 0.25) is 0 Å². The molecule has 0 radical (unpaired) electrons. The fourth-order valence-electron chi connectivity index (χ4n) is 1.46. The Labute approximate surface area is 99.0 Å². The number of nitrogens with zero attached hydrogens (tertiary/aromatic N) is 3. The predicted molar refractivity (Wildman–Crippen MR) is 62.7 cm³/mol. The Bertz CT molecular complexity index is 633. The number of hydrogen-bond donors (Lipinski definition) is 1. The quantitative estimate of drug-likeness (QED) is 0.797. The lowest BCUT2D eigenvalue weighted by molar-refractivity contribution is 0.591. The van der Waals surface area contributed by atoms with Gasteiger partial charge in [-0.25, -0.2) is 13.4 Å². The van der Waals surface area contributed by atoms with Crippen LogP contribution in [0.5, 0.6) is 0 Å². The zero-order valence-corrected chi connectivity index (χ0v) is 10.1. The lowest BCUT2D eigenvalue weighted by Crippen LogP contribution is -2.11. The van der Waals surface area contributed by atoms with Crippen LogP contribution in [0.3, 0.4) is 0 Å². The zero-order chi connectivity index (χ0) is 12.5. The van der Waals surface area contributed by atoms with Crippen molar-refractivity contribution in [1.82, 2.24) is 14.8 Å². The lowest BCUT2D eigenvalue weighted by Gasteiger charge is -2.06. The Balaban J connectivity index is 2.39. The van der Waals surface area contributed by atoms with E-state index in [0.29, 0.717) is 5.82 Å². The summed E-state index contributed by atoms with van der Waals surface area (Å²) in [5.74, 6) is 0.172. The van der Waals surface area contributed by atoms with Crippen LogP contribution in [0.1, 0.15) is 5.82 Å². The fourth-order valence-corrected chi connectivity index (χ4v) is 2.93. The van der Waals surface area contributed by atoms with E-state index in [9.17, 15) is 8.42 Å². The van der Waals surface area contributed by atoms with Crippen LogP contribution in [0, 0.1) is 0 Å². The molecule has 2 N–H and O–H groups in total. The second kappa shape index (κ2) is 4.17. The van der Waals surface area contributed by atoms with Crippen molar-refractivity contribution >= 4 is 15.5 Å². The molecule has 6 nitrogen and oxygen atoms in total. The van der Waals surface area contributed by atoms with Gasteiger partial charge in [-0.1, -0.05) is 12.1 Å². The minimum Gasteiger partial charge on any atom is -0.398 e. The third kappa shape index (κ3) is 2.28. The van der Waals surface area contributed by atoms with Crippen molar-refractivity contribution in [3.8, 4) is 0 Å². The van der Waals surface area contributed by atoms with Crippen LogP contribution in [-0.2, 0) is 22.6 Å². The van der Waals surface area contributed by atoms with Crippen LogP contribution in [-0.4, -0.2) is 23.2 Å². The minimum atomic E-state index is -3.48. The number of aromatic nitrogens is 3. The second-order valence-corrected chi connectivity index (χ2v) is 5.55. The van der Waals surface area contributed by atoms with Crippen molar-refractivity contribution in [2.75, 3.05) is 5.73 Å². The van der Waals surface area contributed by atoms with Crippen LogP contribution >= 0.6 is 0 Å². The molecular formula is C10H12N4O2S. The number of para-hydroxylation sites is 1. The van der Waals surface area contributed by atoms with E-state index in [-0.39, 0.29) is 16.3 Å². The molecule has 0 aliphatic carbocycles. The molecule has 0 bridgehead atoms. The highest BCUT2D eigenvalue weighted by atomic mass is 32.2. The molecule has 0 aliphatic heterocycles. The van der Waals surface area contributed by atoms with Crippen LogP contribution in [0.4, 0.5) is 5.69 Å². The van der Waals surface area contributed by atoms with Gasteiger partial charge in [0.1, 0.15) is 17.9 Å². The summed E-state index contributed by atoms with van der Waals surface area (Å²) in [4.78, 5) is 4.02. The van der Waals surface area contributed by atoms with E-state index in [2.05, 4.69) is 10.1 Å². The Hall–Kier alpha value is -1.89. The molecular weight excluding hydrogens is 240 g/mol. The van der Waals surface area contributed by atoms with Gasteiger partial charge in [0.15, 0.2) is 9.84 Å². The maximum absolute atomic E-state index is 12.1. The van der Waals surface area contributed by atoms with Gasteiger partial charge in [-0.05, 0) is 12.1 Å². The van der Waals surface area contributed by atoms with Crippen molar-refractivity contribution < 1.29 is 8.42 Å². The van der Waals surface area contributed by atoms with Gasteiger partial charge in [0.05, 0.1) is 10.6 Å². The minimum absolute atomic E-state index is 0.128. The highest BCUT2D eigenvalue weighted by Gasteiger charge is 2.20. The third-order valence-electron chi connectivity index (χ3n) is 2.38. The average molecular weight is 252 g/mol. The van der Waals surface area contributed by atoms with E-state index in [1.807, 2.05) is 0 Å². The van der Waals surface area contributed by atoms with E-state index in [1.165, 1.54) is 17.1 Å². The fraction of sp³-hybridized carbons (Fsp3) is 0.200. The smallest absolute Gasteiger partial charge is 0.187 e. The number of nitrogens with two attached hydrogens (primary N) is 1. The molecule has 2 rings (SSSR count). The first-order valence-corrected chi connectivity index (χ1v) is 6.56. The van der Waals surface area contributed by atoms with Crippen molar-refractivity contribution in [2.24, 2.45) is 7.05 Å². The molecule has 17 heavy (non-hydrogen) atoms. The monoisotopic (exact) mass is 252 g/mol. The van der Waals surface area contributed by atoms with Gasteiger partial charge in [0.2, 0.25) is 0 Å². The van der Waals surface area contributed by atoms with E-state index in [1.54, 1.807) is 25.2 Å². The first kappa shape index (κ1) is 11.6. The summed E-state index contributed by atoms with van der Waals surface area (Å²) in [5.41, 5.74) is 5.90. The van der Waals surface area contributed by atoms with Crippen LogP contribution in [0.15, 0.2) is 35.5 Å². The average Bonchev–Trinajstić information content (AvgIpc) is 2.64. The van der Waals surface area contributed by atoms with E-state index < -0.39 is 9.84 Å². The molecule has 1 heterocycles. The topological polar surface area (TPSA) is 90.9 Å². The zero-order valence-electron chi connectivity index (χ0n) is 9.24. The largest absolute Gasteiger partial charge is 0.398 e. The first-order chi connectivity index (χ1) is 8.00. The van der Waals surface area contributed by atoms with Gasteiger partial charge < -0.3 is 5.73 Å². The highest BCUT2D eigenvalue weighted by molar-refractivity contribution is 7.90. The second-order valence-electron chi connectivity index (χ2n) is 3.60. The molecule has 0 saturated carbocycles. The van der Waals surface area contributed by atoms with Crippen LogP contribution < -0.4 is 5.73 Å². The molecule has 7 heteroatoms. The van der Waals surface area contributed by atoms with Gasteiger partial charge in [0, 0.05) is 7.05 Å². The summed E-state index contributed by atoms with van der Waals surface area (Å²) in [6.07, 6.45) is 1.32. The number of anilines is 1. The number of aryl methyl sites for hydroxylation is 1. The number of benzene rings is 1. The van der Waals surface area contributed by atoms with Crippen molar-refractivity contribution in [3.05, 3.63) is 36.4 Å². The maximum atomic E-state index is 12.1. The van der Waals surface area contributed by atoms with E-state index in [4.69, 9.17) is 5.73 Å². The Morgan fingerprint density at radius 1 is 1.35 bits per heavy atom. The number of sulfone groups is 1. The van der Waals surface area contributed by atoms with E-state index in [0.717, 1.165) is 0 Å². The summed E-state index contributed by atoms with van der Waals surface area (Å²) in [6.45, 7) is 0. The molecule has 1 aromatic heterocycles. The normalized spacial score (nSPS) is 11.6. The molecule has 0 fully saturated rings. The Morgan fingerprint density at radius 3 is 2.65 bits per heavy atom. The first-order valence-electron chi connectivity index (χ1n) is 4.91. The molecule has 0 amide bonds. The SMILES string of the molecule is Cn1ncnc1CS(=O)(=O)c1ccccc1N. The molecule has 0 spiro atoms. The summed E-state index contributed by atoms with van der Waals surface area (Å²) in [6, 6.07) is 6.38. The van der Waals surface area contributed by atoms with Gasteiger partial charge in [-0.2, -0.15) is 5.10 Å². The molecule has 0 unspecified atom stereocenters. The molecule has 0 aliphatic rings. The van der Waals surface area contributed by atoms with Crippen molar-refractivity contribution in [2.45, 2.75) is 10.6 Å². The maximum Gasteiger partial charge on any atom is 0.187 e. The van der Waals surface area contributed by atoms with Gasteiger partial charge in [-0.3, -0.25) is 4.68 Å². The molecule has 1 aromatic carbocycles. The van der Waals surface area contributed by atoms with Gasteiger partial charge >= 0.3 is 0 Å².